The van der Waals surface area contributed by atoms with Crippen molar-refractivity contribution >= 4 is 0 Å². The zero-order valence-corrected chi connectivity index (χ0v) is 10.5. The van der Waals surface area contributed by atoms with Crippen molar-refractivity contribution in [3.63, 3.8) is 0 Å². The fourth-order valence-electron chi connectivity index (χ4n) is 2.18. The van der Waals surface area contributed by atoms with Gasteiger partial charge in [0.05, 0.1) is 6.07 Å². The van der Waals surface area contributed by atoms with Gasteiger partial charge in [-0.05, 0) is 24.7 Å². The average molecular weight is 269 g/mol. The predicted molar refractivity (Wildman–Crippen MR) is 63.7 cm³/mol. The van der Waals surface area contributed by atoms with Crippen LogP contribution in [-0.4, -0.2) is 43.0 Å². The van der Waals surface area contributed by atoms with Gasteiger partial charge in [0.15, 0.2) is 17.5 Å². The summed E-state index contributed by atoms with van der Waals surface area (Å²) in [6, 6.07) is 3.06. The van der Waals surface area contributed by atoms with E-state index in [1.165, 1.54) is 0 Å². The van der Waals surface area contributed by atoms with Gasteiger partial charge in [0.25, 0.3) is 0 Å². The molecule has 19 heavy (non-hydrogen) atoms. The summed E-state index contributed by atoms with van der Waals surface area (Å²) < 4.78 is 39.3. The molecule has 1 aromatic rings. The van der Waals surface area contributed by atoms with E-state index >= 15 is 0 Å². The predicted octanol–water partition coefficient (Wildman–Crippen LogP) is 1.92. The van der Waals surface area contributed by atoms with Crippen LogP contribution in [0.3, 0.4) is 0 Å². The van der Waals surface area contributed by atoms with E-state index in [1.807, 2.05) is 18.0 Å². The zero-order valence-electron chi connectivity index (χ0n) is 10.5. The topological polar surface area (TPSA) is 30.3 Å². The standard InChI is InChI=1S/C13H14F3N3/c1-18-2-4-19(5-3-18)12(8-17)9-6-10(14)13(16)11(15)7-9/h6-7,12H,2-5H2,1H3. The Bertz CT molecular complexity index is 481. The van der Waals surface area contributed by atoms with Crippen molar-refractivity contribution in [3.05, 3.63) is 35.1 Å². The van der Waals surface area contributed by atoms with Gasteiger partial charge in [-0.1, -0.05) is 0 Å². The van der Waals surface area contributed by atoms with Gasteiger partial charge in [0.2, 0.25) is 0 Å². The summed E-state index contributed by atoms with van der Waals surface area (Å²) >= 11 is 0. The lowest BCUT2D eigenvalue weighted by molar-refractivity contribution is 0.132. The van der Waals surface area contributed by atoms with Crippen molar-refractivity contribution in [2.24, 2.45) is 0 Å². The fourth-order valence-corrected chi connectivity index (χ4v) is 2.18. The van der Waals surface area contributed by atoms with Gasteiger partial charge < -0.3 is 4.90 Å². The molecule has 102 valence electrons. The van der Waals surface area contributed by atoms with E-state index in [0.717, 1.165) is 25.2 Å². The quantitative estimate of drug-likeness (QED) is 0.768. The van der Waals surface area contributed by atoms with Crippen molar-refractivity contribution in [3.8, 4) is 6.07 Å². The molecule has 1 saturated heterocycles. The Labute approximate surface area is 109 Å². The van der Waals surface area contributed by atoms with Crippen LogP contribution in [0, 0.1) is 28.8 Å². The van der Waals surface area contributed by atoms with Gasteiger partial charge in [-0.25, -0.2) is 13.2 Å². The van der Waals surface area contributed by atoms with Crippen LogP contribution in [0.1, 0.15) is 11.6 Å². The van der Waals surface area contributed by atoms with Crippen LogP contribution in [0.5, 0.6) is 0 Å². The molecule has 1 heterocycles. The van der Waals surface area contributed by atoms with Crippen LogP contribution in [-0.2, 0) is 0 Å². The van der Waals surface area contributed by atoms with E-state index < -0.39 is 23.5 Å². The van der Waals surface area contributed by atoms with Crippen molar-refractivity contribution < 1.29 is 13.2 Å². The molecule has 1 aromatic carbocycles. The maximum atomic E-state index is 13.2. The third-order valence-corrected chi connectivity index (χ3v) is 3.35. The maximum absolute atomic E-state index is 13.2. The molecule has 0 radical (unpaired) electrons. The first kappa shape index (κ1) is 13.8. The molecule has 3 nitrogen and oxygen atoms in total. The molecule has 2 rings (SSSR count). The molecule has 6 heteroatoms. The molecule has 1 atom stereocenters. The third-order valence-electron chi connectivity index (χ3n) is 3.35. The van der Waals surface area contributed by atoms with Gasteiger partial charge in [-0.3, -0.25) is 4.90 Å². The van der Waals surface area contributed by atoms with Gasteiger partial charge >= 0.3 is 0 Å². The fraction of sp³-hybridized carbons (Fsp3) is 0.462. The minimum Gasteiger partial charge on any atom is -0.304 e. The first-order chi connectivity index (χ1) is 9.02. The van der Waals surface area contributed by atoms with Crippen LogP contribution in [0.15, 0.2) is 12.1 Å². The largest absolute Gasteiger partial charge is 0.304 e. The number of rotatable bonds is 2. The second-order valence-electron chi connectivity index (χ2n) is 4.67. The highest BCUT2D eigenvalue weighted by Crippen LogP contribution is 2.24. The van der Waals surface area contributed by atoms with Gasteiger partial charge in [0, 0.05) is 26.2 Å². The molecule has 0 amide bonds. The van der Waals surface area contributed by atoms with Crippen LogP contribution in [0.4, 0.5) is 13.2 Å². The summed E-state index contributed by atoms with van der Waals surface area (Å²) in [7, 11) is 1.97. The number of halogens is 3. The van der Waals surface area contributed by atoms with Crippen LogP contribution >= 0.6 is 0 Å². The Balaban J connectivity index is 2.25. The van der Waals surface area contributed by atoms with E-state index in [4.69, 9.17) is 0 Å². The second-order valence-corrected chi connectivity index (χ2v) is 4.67. The smallest absolute Gasteiger partial charge is 0.194 e. The van der Waals surface area contributed by atoms with E-state index in [0.29, 0.717) is 13.1 Å². The monoisotopic (exact) mass is 269 g/mol. The highest BCUT2D eigenvalue weighted by molar-refractivity contribution is 5.27. The highest BCUT2D eigenvalue weighted by Gasteiger charge is 2.25. The van der Waals surface area contributed by atoms with Gasteiger partial charge in [-0.15, -0.1) is 0 Å². The Kier molecular flexibility index (Phi) is 4.08. The van der Waals surface area contributed by atoms with E-state index in [1.54, 1.807) is 0 Å². The van der Waals surface area contributed by atoms with Crippen LogP contribution in [0.2, 0.25) is 0 Å². The Morgan fingerprint density at radius 3 is 2.11 bits per heavy atom. The Morgan fingerprint density at radius 1 is 1.11 bits per heavy atom. The molecule has 0 aromatic heterocycles. The van der Waals surface area contributed by atoms with Crippen molar-refractivity contribution in [2.75, 3.05) is 33.2 Å². The average Bonchev–Trinajstić information content (AvgIpc) is 2.39. The minimum atomic E-state index is -1.50. The van der Waals surface area contributed by atoms with Gasteiger partial charge in [0.1, 0.15) is 6.04 Å². The van der Waals surface area contributed by atoms with Crippen molar-refractivity contribution in [2.45, 2.75) is 6.04 Å². The van der Waals surface area contributed by atoms with Crippen LogP contribution in [0.25, 0.3) is 0 Å². The summed E-state index contributed by atoms with van der Waals surface area (Å²) in [6.45, 7) is 2.83. The molecule has 0 aliphatic carbocycles. The van der Waals surface area contributed by atoms with Crippen LogP contribution < -0.4 is 0 Å². The third kappa shape index (κ3) is 2.88. The number of hydrogen-bond donors (Lipinski definition) is 0. The summed E-state index contributed by atoms with van der Waals surface area (Å²) in [4.78, 5) is 3.95. The maximum Gasteiger partial charge on any atom is 0.194 e. The SMILES string of the molecule is CN1CCN(C(C#N)c2cc(F)c(F)c(F)c2)CC1. The summed E-state index contributed by atoms with van der Waals surface area (Å²) in [6.07, 6.45) is 0. The molecule has 1 fully saturated rings. The van der Waals surface area contributed by atoms with Crippen molar-refractivity contribution in [1.29, 1.82) is 5.26 Å². The van der Waals surface area contributed by atoms with Crippen molar-refractivity contribution in [1.82, 2.24) is 9.80 Å². The summed E-state index contributed by atoms with van der Waals surface area (Å²) in [5.41, 5.74) is 0.156. The lowest BCUT2D eigenvalue weighted by Gasteiger charge is -2.35. The second kappa shape index (κ2) is 5.59. The van der Waals surface area contributed by atoms with E-state index in [-0.39, 0.29) is 5.56 Å². The molecule has 1 aliphatic heterocycles. The summed E-state index contributed by atoms with van der Waals surface area (Å²) in [5, 5.41) is 9.20. The molecule has 0 bridgehead atoms. The molecule has 1 unspecified atom stereocenters. The number of nitriles is 1. The molecular weight excluding hydrogens is 255 g/mol. The highest BCUT2D eigenvalue weighted by atomic mass is 19.2. The van der Waals surface area contributed by atoms with E-state index in [9.17, 15) is 18.4 Å². The Hall–Kier alpha value is -1.58. The summed E-state index contributed by atoms with van der Waals surface area (Å²) in [5.74, 6) is -4.02. The number of benzene rings is 1. The zero-order chi connectivity index (χ0) is 14.0. The van der Waals surface area contributed by atoms with Gasteiger partial charge in [-0.2, -0.15) is 5.26 Å². The molecule has 0 N–H and O–H groups in total. The molecular formula is C13H14F3N3. The molecule has 1 aliphatic rings. The number of hydrogen-bond acceptors (Lipinski definition) is 3. The lowest BCUT2D eigenvalue weighted by atomic mass is 10.0. The first-order valence-corrected chi connectivity index (χ1v) is 5.99. The lowest BCUT2D eigenvalue weighted by Crippen LogP contribution is -2.45. The molecule has 0 spiro atoms. The number of nitrogens with zero attached hydrogens (tertiary/aromatic N) is 3. The first-order valence-electron chi connectivity index (χ1n) is 5.99. The molecule has 0 saturated carbocycles. The number of likely N-dealkylation sites (N-methyl/N-ethyl adjacent to an activating group) is 1. The van der Waals surface area contributed by atoms with E-state index in [2.05, 4.69) is 4.90 Å². The number of piperazine rings is 1. The minimum absolute atomic E-state index is 0.156. The Morgan fingerprint density at radius 2 is 1.63 bits per heavy atom. The normalized spacial score (nSPS) is 19.1.